The molecule has 0 saturated heterocycles. The zero-order chi connectivity index (χ0) is 25.9. The van der Waals surface area contributed by atoms with Crippen molar-refractivity contribution < 1.29 is 24.3 Å². The smallest absolute Gasteiger partial charge is 0.319 e. The number of ether oxygens (including phenoxy) is 1. The van der Waals surface area contributed by atoms with Gasteiger partial charge in [0.2, 0.25) is 11.8 Å². The molecule has 0 spiro atoms. The van der Waals surface area contributed by atoms with Crippen LogP contribution in [0.15, 0.2) is 35.6 Å². The van der Waals surface area contributed by atoms with Crippen LogP contribution in [0, 0.1) is 5.92 Å². The summed E-state index contributed by atoms with van der Waals surface area (Å²) in [5.74, 6) is -0.574. The number of nitrogens with one attached hydrogen (secondary N) is 2. The maximum atomic E-state index is 13.6. The summed E-state index contributed by atoms with van der Waals surface area (Å²) in [6, 6.07) is 2.10. The lowest BCUT2D eigenvalue weighted by molar-refractivity contribution is -0.143. The van der Waals surface area contributed by atoms with E-state index in [0.29, 0.717) is 31.0 Å². The molecule has 1 aliphatic heterocycles. The summed E-state index contributed by atoms with van der Waals surface area (Å²) >= 11 is 0. The average Bonchev–Trinajstić information content (AvgIpc) is 2.93. The number of nitrogens with zero attached hydrogens (tertiary/aromatic N) is 3. The normalized spacial score (nSPS) is 19.5. The van der Waals surface area contributed by atoms with E-state index in [1.165, 1.54) is 19.7 Å². The average molecular weight is 501 g/mol. The number of carbonyl (C=O) groups excluding carboxylic acids is 3. The number of hydrogen-bond acceptors (Lipinski definition) is 8. The predicted molar refractivity (Wildman–Crippen MR) is 133 cm³/mol. The summed E-state index contributed by atoms with van der Waals surface area (Å²) in [7, 11) is 1.32. The van der Waals surface area contributed by atoms with Crippen molar-refractivity contribution in [2.24, 2.45) is 16.8 Å². The Morgan fingerprint density at radius 3 is 2.69 bits per heavy atom. The second-order valence-electron chi connectivity index (χ2n) is 9.22. The number of nitrogens with two attached hydrogens (primary N) is 1. The Balaban J connectivity index is 1.66. The lowest BCUT2D eigenvalue weighted by Crippen LogP contribution is -2.56. The number of amidine groups is 1. The summed E-state index contributed by atoms with van der Waals surface area (Å²) in [5, 5.41) is 17.6. The second-order valence-corrected chi connectivity index (χ2v) is 9.22. The van der Waals surface area contributed by atoms with E-state index in [0.717, 1.165) is 31.2 Å². The van der Waals surface area contributed by atoms with Crippen LogP contribution in [0.2, 0.25) is 0 Å². The molecule has 1 aliphatic carbocycles. The van der Waals surface area contributed by atoms with Crippen molar-refractivity contribution in [3.05, 3.63) is 41.7 Å². The minimum Gasteiger partial charge on any atom is -0.468 e. The molecule has 11 nitrogen and oxygen atoms in total. The molecule has 2 atom stereocenters. The van der Waals surface area contributed by atoms with E-state index in [-0.39, 0.29) is 30.7 Å². The van der Waals surface area contributed by atoms with Gasteiger partial charge in [0.25, 0.3) is 0 Å². The van der Waals surface area contributed by atoms with Crippen LogP contribution < -0.4 is 16.4 Å². The molecule has 2 heterocycles. The molecule has 1 aromatic heterocycles. The van der Waals surface area contributed by atoms with E-state index in [1.807, 2.05) is 12.2 Å². The molecule has 3 rings (SSSR count). The topological polar surface area (TPSA) is 159 Å². The molecule has 2 amide bonds. The quantitative estimate of drug-likeness (QED) is 0.0926. The summed E-state index contributed by atoms with van der Waals surface area (Å²) < 4.78 is 4.74. The van der Waals surface area contributed by atoms with E-state index >= 15 is 0 Å². The van der Waals surface area contributed by atoms with E-state index in [2.05, 4.69) is 20.8 Å². The van der Waals surface area contributed by atoms with Gasteiger partial charge in [-0.3, -0.25) is 24.7 Å². The van der Waals surface area contributed by atoms with Crippen LogP contribution in [-0.4, -0.2) is 71.0 Å². The summed E-state index contributed by atoms with van der Waals surface area (Å²) in [6.07, 6.45) is 12.0. The first-order valence-electron chi connectivity index (χ1n) is 12.4. The maximum Gasteiger partial charge on any atom is 0.319 e. The highest BCUT2D eigenvalue weighted by atomic mass is 16.5. The van der Waals surface area contributed by atoms with E-state index in [9.17, 15) is 14.4 Å². The number of pyridine rings is 1. The minimum atomic E-state index is -0.652. The van der Waals surface area contributed by atoms with Crippen LogP contribution in [0.5, 0.6) is 0 Å². The van der Waals surface area contributed by atoms with Gasteiger partial charge in [0.05, 0.1) is 19.7 Å². The molecule has 1 fully saturated rings. The van der Waals surface area contributed by atoms with Crippen molar-refractivity contribution in [2.45, 2.75) is 63.6 Å². The molecule has 11 heteroatoms. The van der Waals surface area contributed by atoms with Gasteiger partial charge in [0.15, 0.2) is 5.84 Å². The van der Waals surface area contributed by atoms with Crippen LogP contribution in [-0.2, 0) is 25.7 Å². The Labute approximate surface area is 211 Å². The Morgan fingerprint density at radius 1 is 1.25 bits per heavy atom. The van der Waals surface area contributed by atoms with Gasteiger partial charge in [-0.25, -0.2) is 0 Å². The third-order valence-corrected chi connectivity index (χ3v) is 6.76. The lowest BCUT2D eigenvalue weighted by atomic mass is 9.84. The molecule has 0 radical (unpaired) electrons. The SMILES string of the molecule is COC(=O)CNC(CC1CCCCC1)C(=O)N1CC=CCC1C(=O)NCc1ccc(/C(N)=N/O)nc1. The highest BCUT2D eigenvalue weighted by molar-refractivity contribution is 5.95. The van der Waals surface area contributed by atoms with Crippen LogP contribution >= 0.6 is 0 Å². The van der Waals surface area contributed by atoms with Crippen molar-refractivity contribution in [1.82, 2.24) is 20.5 Å². The third kappa shape index (κ3) is 7.51. The summed E-state index contributed by atoms with van der Waals surface area (Å²) in [6.45, 7) is 0.485. The molecular weight excluding hydrogens is 464 g/mol. The number of amides is 2. The zero-order valence-electron chi connectivity index (χ0n) is 20.7. The molecule has 2 unspecified atom stereocenters. The van der Waals surface area contributed by atoms with Crippen LogP contribution in [0.3, 0.4) is 0 Å². The molecule has 5 N–H and O–H groups in total. The number of oxime groups is 1. The van der Waals surface area contributed by atoms with E-state index in [1.54, 1.807) is 17.0 Å². The highest BCUT2D eigenvalue weighted by Gasteiger charge is 2.35. The summed E-state index contributed by atoms with van der Waals surface area (Å²) in [4.78, 5) is 44.2. The number of methoxy groups -OCH3 is 1. The molecule has 36 heavy (non-hydrogen) atoms. The van der Waals surface area contributed by atoms with Gasteiger partial charge < -0.3 is 25.9 Å². The number of aromatic nitrogens is 1. The maximum absolute atomic E-state index is 13.6. The minimum absolute atomic E-state index is 0.0608. The number of esters is 1. The highest BCUT2D eigenvalue weighted by Crippen LogP contribution is 2.28. The molecule has 1 aromatic rings. The number of hydrogen-bond donors (Lipinski definition) is 4. The molecule has 0 bridgehead atoms. The second kappa shape index (κ2) is 13.6. The molecule has 1 saturated carbocycles. The van der Waals surface area contributed by atoms with Gasteiger partial charge in [-0.05, 0) is 30.4 Å². The first-order valence-corrected chi connectivity index (χ1v) is 12.4. The fourth-order valence-corrected chi connectivity index (χ4v) is 4.71. The zero-order valence-corrected chi connectivity index (χ0v) is 20.7. The van der Waals surface area contributed by atoms with E-state index < -0.39 is 18.1 Å². The number of rotatable bonds is 10. The fourth-order valence-electron chi connectivity index (χ4n) is 4.71. The Hall–Kier alpha value is -3.47. The predicted octanol–water partition coefficient (Wildman–Crippen LogP) is 1.05. The van der Waals surface area contributed by atoms with Crippen molar-refractivity contribution in [3.63, 3.8) is 0 Å². The summed E-state index contributed by atoms with van der Waals surface area (Å²) in [5.41, 5.74) is 6.59. The standard InChI is InChI=1S/C25H36N6O5/c1-36-22(32)16-28-20(13-17-7-3-2-4-8-17)25(34)31-12-6-5-9-21(31)24(33)29-15-18-10-11-19(27-14-18)23(26)30-35/h5-6,10-11,14,17,20-21,28,35H,2-4,7-9,12-13,15-16H2,1H3,(H2,26,30)(H,29,33). The molecular formula is C25H36N6O5. The van der Waals surface area contributed by atoms with Gasteiger partial charge in [0.1, 0.15) is 11.7 Å². The van der Waals surface area contributed by atoms with E-state index in [4.69, 9.17) is 15.7 Å². The first kappa shape index (κ1) is 27.1. The monoisotopic (exact) mass is 500 g/mol. The Kier molecular flexibility index (Phi) is 10.2. The fraction of sp³-hybridized carbons (Fsp3) is 0.560. The molecule has 196 valence electrons. The van der Waals surface area contributed by atoms with Crippen molar-refractivity contribution >= 4 is 23.6 Å². The van der Waals surface area contributed by atoms with Gasteiger partial charge >= 0.3 is 5.97 Å². The van der Waals surface area contributed by atoms with Crippen molar-refractivity contribution in [3.8, 4) is 0 Å². The van der Waals surface area contributed by atoms with Crippen LogP contribution in [0.1, 0.15) is 56.2 Å². The van der Waals surface area contributed by atoms with Gasteiger partial charge in [-0.15, -0.1) is 0 Å². The Morgan fingerprint density at radius 2 is 2.03 bits per heavy atom. The van der Waals surface area contributed by atoms with Crippen LogP contribution in [0.4, 0.5) is 0 Å². The first-order chi connectivity index (χ1) is 17.4. The lowest BCUT2D eigenvalue weighted by Gasteiger charge is -2.36. The third-order valence-electron chi connectivity index (χ3n) is 6.76. The Bertz CT molecular complexity index is 958. The number of carbonyl (C=O) groups is 3. The molecule has 2 aliphatic rings. The van der Waals surface area contributed by atoms with Crippen LogP contribution in [0.25, 0.3) is 0 Å². The molecule has 0 aromatic carbocycles. The van der Waals surface area contributed by atoms with Gasteiger partial charge in [0, 0.05) is 19.3 Å². The van der Waals surface area contributed by atoms with Gasteiger partial charge in [-0.1, -0.05) is 55.5 Å². The largest absolute Gasteiger partial charge is 0.468 e. The van der Waals surface area contributed by atoms with Crippen molar-refractivity contribution in [1.29, 1.82) is 0 Å². The van der Waals surface area contributed by atoms with Crippen molar-refractivity contribution in [2.75, 3.05) is 20.2 Å². The van der Waals surface area contributed by atoms with Gasteiger partial charge in [-0.2, -0.15) is 0 Å².